The number of aliphatic hydroxyl groups is 1. The number of carbonyl (C=O) groups excluding carboxylic acids is 1. The maximum atomic E-state index is 11.3. The van der Waals surface area contributed by atoms with Crippen LogP contribution in [0.15, 0.2) is 53.7 Å². The van der Waals surface area contributed by atoms with Gasteiger partial charge in [0, 0.05) is 36.4 Å². The molecule has 1 aromatic heterocycles. The topological polar surface area (TPSA) is 84.3 Å². The molecule has 0 fully saturated rings. The van der Waals surface area contributed by atoms with Crippen LogP contribution in [-0.4, -0.2) is 48.2 Å². The fourth-order valence-corrected chi connectivity index (χ4v) is 4.35. The van der Waals surface area contributed by atoms with Gasteiger partial charge in [-0.15, -0.1) is 0 Å². The van der Waals surface area contributed by atoms with Crippen molar-refractivity contribution in [2.75, 3.05) is 19.1 Å². The fourth-order valence-electron chi connectivity index (χ4n) is 2.57. The van der Waals surface area contributed by atoms with Gasteiger partial charge in [0.25, 0.3) is 0 Å². The van der Waals surface area contributed by atoms with E-state index in [-0.39, 0.29) is 10.7 Å². The van der Waals surface area contributed by atoms with E-state index in [0.29, 0.717) is 10.7 Å². The number of carbonyl (C=O) groups is 1. The summed E-state index contributed by atoms with van der Waals surface area (Å²) in [5.41, 5.74) is 2.25. The quantitative estimate of drug-likeness (QED) is 0.599. The van der Waals surface area contributed by atoms with Gasteiger partial charge in [0.1, 0.15) is 5.78 Å². The number of rotatable bonds is 8. The Morgan fingerprint density at radius 1 is 1.06 bits per heavy atom. The summed E-state index contributed by atoms with van der Waals surface area (Å²) in [6.07, 6.45) is 6.68. The molecule has 1 heterocycles. The van der Waals surface area contributed by atoms with Gasteiger partial charge >= 0.3 is 0 Å². The minimum Gasteiger partial charge on any atom is -0.400 e. The molecule has 1 atom stereocenters. The van der Waals surface area contributed by atoms with Crippen molar-refractivity contribution < 1.29 is 18.3 Å². The number of hydrogen-bond donors (Lipinski definition) is 1. The highest BCUT2D eigenvalue weighted by Crippen LogP contribution is 2.33. The summed E-state index contributed by atoms with van der Waals surface area (Å²) in [5.74, 6) is 1.60. The number of aromatic nitrogens is 1. The van der Waals surface area contributed by atoms with E-state index in [2.05, 4.69) is 25.8 Å². The predicted molar refractivity (Wildman–Crippen MR) is 131 cm³/mol. The average Bonchev–Trinajstić information content (AvgIpc) is 2.74. The number of benzene rings is 1. The number of nitrogens with zero attached hydrogens (tertiary/aromatic N) is 1. The summed E-state index contributed by atoms with van der Waals surface area (Å²) in [4.78, 5) is 15.5. The van der Waals surface area contributed by atoms with E-state index < -0.39 is 9.84 Å². The molecule has 2 rings (SSSR count). The van der Waals surface area contributed by atoms with E-state index in [0.717, 1.165) is 30.4 Å². The summed E-state index contributed by atoms with van der Waals surface area (Å²) >= 11 is 1.89. The van der Waals surface area contributed by atoms with E-state index in [1.54, 1.807) is 31.5 Å². The number of Topliss-reactive ketones (excluding diaryl/α,β-unsaturated/α-hetero) is 1. The third kappa shape index (κ3) is 11.5. The number of sulfone groups is 1. The first kappa shape index (κ1) is 29.3. The molecule has 0 radical (unpaired) electrons. The average molecular weight is 468 g/mol. The molecule has 0 aliphatic carbocycles. The lowest BCUT2D eigenvalue weighted by molar-refractivity contribution is -0.120. The van der Waals surface area contributed by atoms with Gasteiger partial charge in [-0.1, -0.05) is 39.8 Å². The van der Waals surface area contributed by atoms with Gasteiger partial charge in [-0.25, -0.2) is 8.42 Å². The van der Waals surface area contributed by atoms with Crippen LogP contribution in [0.3, 0.4) is 0 Å². The summed E-state index contributed by atoms with van der Waals surface area (Å²) in [6, 6.07) is 10.9. The van der Waals surface area contributed by atoms with Crippen LogP contribution in [-0.2, 0) is 21.1 Å². The van der Waals surface area contributed by atoms with Crippen molar-refractivity contribution in [1.29, 1.82) is 0 Å². The predicted octanol–water partition coefficient (Wildman–Crippen LogP) is 4.82. The number of aliphatic hydroxyl groups excluding tert-OH is 1. The molecule has 2 aromatic rings. The van der Waals surface area contributed by atoms with Gasteiger partial charge < -0.3 is 5.11 Å². The molecule has 1 N–H and O–H groups in total. The van der Waals surface area contributed by atoms with E-state index >= 15 is 0 Å². The van der Waals surface area contributed by atoms with Gasteiger partial charge in [0.05, 0.1) is 4.90 Å². The van der Waals surface area contributed by atoms with Crippen molar-refractivity contribution in [3.05, 3.63) is 59.9 Å². The van der Waals surface area contributed by atoms with Gasteiger partial charge in [0.2, 0.25) is 0 Å². The Kier molecular flexibility index (Phi) is 13.6. The highest BCUT2D eigenvalue weighted by molar-refractivity contribution is 8.00. The molecule has 31 heavy (non-hydrogen) atoms. The summed E-state index contributed by atoms with van der Waals surface area (Å²) in [6.45, 7) is 10.2. The second-order valence-corrected chi connectivity index (χ2v) is 11.5. The van der Waals surface area contributed by atoms with E-state index in [1.165, 1.54) is 12.7 Å². The second kappa shape index (κ2) is 14.4. The molecule has 0 amide bonds. The molecular formula is C24H37NO4S2. The van der Waals surface area contributed by atoms with Crippen LogP contribution in [0, 0.1) is 5.92 Å². The molecule has 0 saturated heterocycles. The van der Waals surface area contributed by atoms with Crippen molar-refractivity contribution in [3.63, 3.8) is 0 Å². The number of pyridine rings is 1. The van der Waals surface area contributed by atoms with Crippen molar-refractivity contribution in [2.45, 2.75) is 57.1 Å². The maximum Gasteiger partial charge on any atom is 0.175 e. The monoisotopic (exact) mass is 467 g/mol. The summed E-state index contributed by atoms with van der Waals surface area (Å²) in [7, 11) is -2.10. The molecule has 0 bridgehead atoms. The Labute approximate surface area is 192 Å². The summed E-state index contributed by atoms with van der Waals surface area (Å²) < 4.78 is 22.7. The Hall–Kier alpha value is -1.70. The Balaban J connectivity index is 0.000000570. The van der Waals surface area contributed by atoms with Gasteiger partial charge in [-0.05, 0) is 60.9 Å². The fraction of sp³-hybridized carbons (Fsp3) is 0.500. The van der Waals surface area contributed by atoms with Gasteiger partial charge in [-0.2, -0.15) is 11.8 Å². The highest BCUT2D eigenvalue weighted by atomic mass is 32.2. The molecule has 174 valence electrons. The van der Waals surface area contributed by atoms with Gasteiger partial charge in [0.15, 0.2) is 9.84 Å². The molecule has 1 aromatic carbocycles. The zero-order chi connectivity index (χ0) is 24.1. The Morgan fingerprint density at radius 3 is 1.97 bits per heavy atom. The molecule has 1 unspecified atom stereocenters. The molecule has 0 saturated carbocycles. The van der Waals surface area contributed by atoms with Crippen LogP contribution in [0.2, 0.25) is 0 Å². The minimum absolute atomic E-state index is 0.0991. The minimum atomic E-state index is -3.10. The third-order valence-corrected chi connectivity index (χ3v) is 7.68. The van der Waals surface area contributed by atoms with Crippen LogP contribution in [0.4, 0.5) is 0 Å². The van der Waals surface area contributed by atoms with Crippen molar-refractivity contribution in [2.24, 2.45) is 5.92 Å². The lowest BCUT2D eigenvalue weighted by atomic mass is 9.93. The number of ketones is 1. The zero-order valence-corrected chi connectivity index (χ0v) is 21.4. The Morgan fingerprint density at radius 2 is 1.55 bits per heavy atom. The number of thioether (sulfide) groups is 1. The zero-order valence-electron chi connectivity index (χ0n) is 19.8. The molecule has 5 nitrogen and oxygen atoms in total. The van der Waals surface area contributed by atoms with Crippen molar-refractivity contribution in [3.8, 4) is 0 Å². The molecule has 0 aliphatic heterocycles. The SMILES string of the molecule is CCCSC(C)(C)C(C)C(C)=O.CO.CS(=O)(=O)c1ccc(Cc2ccncc2)cc1. The Bertz CT molecular complexity index is 864. The highest BCUT2D eigenvalue weighted by Gasteiger charge is 2.28. The molecule has 0 aliphatic rings. The first-order valence-corrected chi connectivity index (χ1v) is 13.1. The van der Waals surface area contributed by atoms with Crippen LogP contribution in [0.1, 0.15) is 52.2 Å². The smallest absolute Gasteiger partial charge is 0.175 e. The lowest BCUT2D eigenvalue weighted by Gasteiger charge is -2.29. The lowest BCUT2D eigenvalue weighted by Crippen LogP contribution is -2.30. The summed E-state index contributed by atoms with van der Waals surface area (Å²) in [5, 5.41) is 7.00. The van der Waals surface area contributed by atoms with E-state index in [1.807, 2.05) is 43.0 Å². The van der Waals surface area contributed by atoms with Crippen LogP contribution >= 0.6 is 11.8 Å². The largest absolute Gasteiger partial charge is 0.400 e. The first-order chi connectivity index (χ1) is 14.5. The normalized spacial score (nSPS) is 12.0. The van der Waals surface area contributed by atoms with Crippen molar-refractivity contribution >= 4 is 27.4 Å². The molecular weight excluding hydrogens is 430 g/mol. The van der Waals surface area contributed by atoms with E-state index in [9.17, 15) is 13.2 Å². The first-order valence-electron chi connectivity index (χ1n) is 10.2. The van der Waals surface area contributed by atoms with Crippen LogP contribution in [0.5, 0.6) is 0 Å². The van der Waals surface area contributed by atoms with Crippen LogP contribution in [0.25, 0.3) is 0 Å². The second-order valence-electron chi connectivity index (χ2n) is 7.73. The maximum absolute atomic E-state index is 11.3. The van der Waals surface area contributed by atoms with Gasteiger partial charge in [-0.3, -0.25) is 9.78 Å². The third-order valence-electron chi connectivity index (χ3n) is 4.84. The molecule has 0 spiro atoms. The standard InChI is InChI=1S/C13H13NO2S.C10H20OS.CH4O/c1-17(15,16)13-4-2-11(3-5-13)10-12-6-8-14-9-7-12;1-6-7-12-10(4,5)8(2)9(3)11;1-2/h2-9H,10H2,1H3;8H,6-7H2,1-5H3;2H,1H3. The van der Waals surface area contributed by atoms with Crippen LogP contribution < -0.4 is 0 Å². The van der Waals surface area contributed by atoms with Crippen molar-refractivity contribution in [1.82, 2.24) is 4.98 Å². The molecule has 7 heteroatoms. The number of hydrogen-bond acceptors (Lipinski definition) is 6. The van der Waals surface area contributed by atoms with E-state index in [4.69, 9.17) is 5.11 Å².